The molecule has 0 saturated carbocycles. The van der Waals surface area contributed by atoms with Crippen LogP contribution in [-0.4, -0.2) is 29.5 Å². The molecule has 0 radical (unpaired) electrons. The average Bonchev–Trinajstić information content (AvgIpc) is 3.31. The Bertz CT molecular complexity index is 1450. The first-order valence-electron chi connectivity index (χ1n) is 9.08. The second-order valence-electron chi connectivity index (χ2n) is 6.79. The normalized spacial score (nSPS) is 11.6. The van der Waals surface area contributed by atoms with Crippen molar-refractivity contribution in [1.29, 1.82) is 0 Å². The fourth-order valence-corrected chi connectivity index (χ4v) is 5.15. The van der Waals surface area contributed by atoms with Crippen molar-refractivity contribution in [1.82, 2.24) is 29.5 Å². The van der Waals surface area contributed by atoms with E-state index in [4.69, 9.17) is 0 Å². The highest BCUT2D eigenvalue weighted by molar-refractivity contribution is 7.98. The number of hydrogen-bond acceptors (Lipinski definition) is 7. The Morgan fingerprint density at radius 1 is 1.17 bits per heavy atom. The molecule has 5 rings (SSSR count). The van der Waals surface area contributed by atoms with E-state index in [9.17, 15) is 9.18 Å². The molecular weight excluding hydrogens is 423 g/mol. The Balaban J connectivity index is 1.47. The lowest BCUT2D eigenvalue weighted by Gasteiger charge is -2.04. The molecule has 1 N–H and O–H groups in total. The lowest BCUT2D eigenvalue weighted by molar-refractivity contribution is 0.628. The van der Waals surface area contributed by atoms with Crippen molar-refractivity contribution in [2.75, 3.05) is 0 Å². The maximum atomic E-state index is 13.2. The minimum absolute atomic E-state index is 0.212. The van der Waals surface area contributed by atoms with Gasteiger partial charge >= 0.3 is 0 Å². The molecular formula is C20H15FN6OS2. The fraction of sp³-hybridized carbons (Fsp3) is 0.150. The van der Waals surface area contributed by atoms with Gasteiger partial charge in [0, 0.05) is 22.3 Å². The van der Waals surface area contributed by atoms with E-state index in [-0.39, 0.29) is 11.4 Å². The molecule has 0 fully saturated rings. The number of nitrogens with one attached hydrogen (secondary N) is 1. The van der Waals surface area contributed by atoms with Crippen LogP contribution in [0.25, 0.3) is 27.1 Å². The molecule has 0 amide bonds. The van der Waals surface area contributed by atoms with Gasteiger partial charge in [-0.05, 0) is 37.6 Å². The van der Waals surface area contributed by atoms with Gasteiger partial charge in [0.15, 0.2) is 5.16 Å². The number of aromatic amines is 1. The zero-order valence-electron chi connectivity index (χ0n) is 16.0. The molecule has 0 spiro atoms. The van der Waals surface area contributed by atoms with Gasteiger partial charge in [-0.15, -0.1) is 21.5 Å². The first-order chi connectivity index (χ1) is 14.5. The largest absolute Gasteiger partial charge is 0.309 e. The number of benzene rings is 1. The smallest absolute Gasteiger partial charge is 0.260 e. The molecule has 4 aromatic heterocycles. The maximum absolute atomic E-state index is 13.2. The van der Waals surface area contributed by atoms with Crippen LogP contribution in [-0.2, 0) is 5.75 Å². The van der Waals surface area contributed by atoms with E-state index >= 15 is 0 Å². The third-order valence-corrected chi connectivity index (χ3v) is 6.46. The summed E-state index contributed by atoms with van der Waals surface area (Å²) in [5.74, 6) is 1.23. The van der Waals surface area contributed by atoms with Gasteiger partial charge in [0.25, 0.3) is 11.3 Å². The summed E-state index contributed by atoms with van der Waals surface area (Å²) in [5, 5.41) is 11.4. The van der Waals surface area contributed by atoms with Gasteiger partial charge < -0.3 is 4.98 Å². The molecule has 0 aliphatic rings. The predicted molar refractivity (Wildman–Crippen MR) is 115 cm³/mol. The number of aryl methyl sites for hydroxylation is 2. The Labute approximate surface area is 178 Å². The Hall–Kier alpha value is -3.11. The van der Waals surface area contributed by atoms with Gasteiger partial charge in [-0.3, -0.25) is 9.20 Å². The van der Waals surface area contributed by atoms with Crippen LogP contribution in [0.5, 0.6) is 0 Å². The number of fused-ring (bicyclic) bond motifs is 2. The zero-order chi connectivity index (χ0) is 20.8. The summed E-state index contributed by atoms with van der Waals surface area (Å²) in [7, 11) is 0. The third kappa shape index (κ3) is 3.27. The van der Waals surface area contributed by atoms with Crippen molar-refractivity contribution < 1.29 is 4.39 Å². The van der Waals surface area contributed by atoms with E-state index in [1.807, 2.05) is 29.7 Å². The van der Waals surface area contributed by atoms with Crippen molar-refractivity contribution in [3.63, 3.8) is 0 Å². The molecule has 0 atom stereocenters. The van der Waals surface area contributed by atoms with Gasteiger partial charge in [-0.1, -0.05) is 23.9 Å². The van der Waals surface area contributed by atoms with Crippen LogP contribution in [0.15, 0.2) is 45.7 Å². The molecule has 0 unspecified atom stereocenters. The lowest BCUT2D eigenvalue weighted by Crippen LogP contribution is -2.11. The van der Waals surface area contributed by atoms with E-state index < -0.39 is 0 Å². The van der Waals surface area contributed by atoms with Gasteiger partial charge in [0.2, 0.25) is 0 Å². The van der Waals surface area contributed by atoms with Gasteiger partial charge in [-0.25, -0.2) is 14.4 Å². The molecule has 0 saturated heterocycles. The van der Waals surface area contributed by atoms with Gasteiger partial charge in [0.05, 0.1) is 11.1 Å². The summed E-state index contributed by atoms with van der Waals surface area (Å²) < 4.78 is 15.1. The molecule has 5 aromatic rings. The molecule has 4 heterocycles. The van der Waals surface area contributed by atoms with Crippen molar-refractivity contribution in [2.45, 2.75) is 24.8 Å². The first kappa shape index (κ1) is 18.9. The number of rotatable bonds is 4. The average molecular weight is 439 g/mol. The summed E-state index contributed by atoms with van der Waals surface area (Å²) in [4.78, 5) is 25.3. The van der Waals surface area contributed by atoms with Gasteiger partial charge in [-0.2, -0.15) is 0 Å². The highest BCUT2D eigenvalue weighted by Crippen LogP contribution is 2.31. The zero-order valence-corrected chi connectivity index (χ0v) is 17.6. The minimum atomic E-state index is -0.314. The topological polar surface area (TPSA) is 88.8 Å². The van der Waals surface area contributed by atoms with Crippen molar-refractivity contribution in [3.05, 3.63) is 69.1 Å². The van der Waals surface area contributed by atoms with Crippen LogP contribution in [0.3, 0.4) is 0 Å². The standard InChI is InChI=1S/C20H15FN6OS2/c1-10-7-11(2)27-19(22-10)25-26-20(27)30-9-15-23-17(28)16-14(8-29-18(16)24-15)12-3-5-13(21)6-4-12/h3-8H,9H2,1-2H3,(H,23,24,28). The number of hydrogen-bond donors (Lipinski definition) is 1. The molecule has 150 valence electrons. The molecule has 0 aliphatic heterocycles. The Kier molecular flexibility index (Phi) is 4.59. The van der Waals surface area contributed by atoms with Crippen molar-refractivity contribution >= 4 is 39.1 Å². The minimum Gasteiger partial charge on any atom is -0.309 e. The quantitative estimate of drug-likeness (QED) is 0.424. The number of aromatic nitrogens is 6. The summed E-state index contributed by atoms with van der Waals surface area (Å²) in [6, 6.07) is 8.05. The van der Waals surface area contributed by atoms with E-state index in [0.717, 1.165) is 22.5 Å². The Morgan fingerprint density at radius 3 is 2.77 bits per heavy atom. The monoisotopic (exact) mass is 438 g/mol. The second kappa shape index (κ2) is 7.29. The van der Waals surface area contributed by atoms with E-state index in [1.54, 1.807) is 12.1 Å². The van der Waals surface area contributed by atoms with Crippen LogP contribution >= 0.6 is 23.1 Å². The third-order valence-electron chi connectivity index (χ3n) is 4.65. The highest BCUT2D eigenvalue weighted by atomic mass is 32.2. The van der Waals surface area contributed by atoms with Crippen LogP contribution < -0.4 is 5.56 Å². The molecule has 1 aromatic carbocycles. The molecule has 30 heavy (non-hydrogen) atoms. The van der Waals surface area contributed by atoms with Crippen LogP contribution in [0.4, 0.5) is 4.39 Å². The lowest BCUT2D eigenvalue weighted by atomic mass is 10.1. The number of nitrogens with zero attached hydrogens (tertiary/aromatic N) is 5. The number of halogens is 1. The number of H-pyrrole nitrogens is 1. The molecule has 0 aliphatic carbocycles. The number of thioether (sulfide) groups is 1. The van der Waals surface area contributed by atoms with Gasteiger partial charge in [0.1, 0.15) is 16.5 Å². The molecule has 10 heteroatoms. The number of thiophene rings is 1. The summed E-state index contributed by atoms with van der Waals surface area (Å²) in [6.45, 7) is 3.89. The van der Waals surface area contributed by atoms with Crippen molar-refractivity contribution in [2.24, 2.45) is 0 Å². The SMILES string of the molecule is Cc1cc(C)n2c(SCc3nc4scc(-c5ccc(F)cc5)c4c(=O)[nH]3)nnc2n1. The maximum Gasteiger partial charge on any atom is 0.260 e. The van der Waals surface area contributed by atoms with E-state index in [2.05, 4.69) is 25.1 Å². The van der Waals surface area contributed by atoms with E-state index in [1.165, 1.54) is 35.2 Å². The van der Waals surface area contributed by atoms with Crippen LogP contribution in [0.1, 0.15) is 17.2 Å². The fourth-order valence-electron chi connectivity index (χ4n) is 3.33. The summed E-state index contributed by atoms with van der Waals surface area (Å²) >= 11 is 2.83. The second-order valence-corrected chi connectivity index (χ2v) is 8.60. The van der Waals surface area contributed by atoms with E-state index in [0.29, 0.717) is 32.7 Å². The Morgan fingerprint density at radius 2 is 1.97 bits per heavy atom. The summed E-state index contributed by atoms with van der Waals surface area (Å²) in [6.07, 6.45) is 0. The van der Waals surface area contributed by atoms with Crippen LogP contribution in [0, 0.1) is 19.7 Å². The molecule has 7 nitrogen and oxygen atoms in total. The molecule has 0 bridgehead atoms. The predicted octanol–water partition coefficient (Wildman–Crippen LogP) is 4.14. The first-order valence-corrected chi connectivity index (χ1v) is 10.9. The van der Waals surface area contributed by atoms with Crippen molar-refractivity contribution in [3.8, 4) is 11.1 Å². The summed E-state index contributed by atoms with van der Waals surface area (Å²) in [5.41, 5.74) is 3.20. The highest BCUT2D eigenvalue weighted by Gasteiger charge is 2.15. The van der Waals surface area contributed by atoms with Crippen LogP contribution in [0.2, 0.25) is 0 Å².